The Kier molecular flexibility index (Phi) is 9.03. The van der Waals surface area contributed by atoms with E-state index in [1.807, 2.05) is 0 Å². The van der Waals surface area contributed by atoms with Gasteiger partial charge in [-0.3, -0.25) is 24.1 Å². The van der Waals surface area contributed by atoms with Crippen LogP contribution in [0.25, 0.3) is 0 Å². The average Bonchev–Trinajstić information content (AvgIpc) is 2.80. The third-order valence-electron chi connectivity index (χ3n) is 4.06. The molecule has 0 aliphatic carbocycles. The lowest BCUT2D eigenvalue weighted by Crippen LogP contribution is -2.40. The molecule has 1 N–H and O–H groups in total. The Morgan fingerprint density at radius 1 is 0.903 bits per heavy atom. The van der Waals surface area contributed by atoms with Crippen molar-refractivity contribution in [3.05, 3.63) is 60.2 Å². The summed E-state index contributed by atoms with van der Waals surface area (Å²) in [5.74, 6) is -2.16. The van der Waals surface area contributed by atoms with Gasteiger partial charge in [-0.15, -0.1) is 0 Å². The summed E-state index contributed by atoms with van der Waals surface area (Å²) in [6.45, 7) is 0.480. The number of anilines is 1. The van der Waals surface area contributed by atoms with Gasteiger partial charge in [0.2, 0.25) is 0 Å². The van der Waals surface area contributed by atoms with Crippen molar-refractivity contribution >= 4 is 29.4 Å². The second-order valence-corrected chi connectivity index (χ2v) is 6.16. The lowest BCUT2D eigenvalue weighted by Gasteiger charge is -2.21. The first-order valence-corrected chi connectivity index (χ1v) is 9.54. The van der Waals surface area contributed by atoms with Crippen LogP contribution in [0.1, 0.15) is 17.3 Å². The minimum Gasteiger partial charge on any atom is -0.496 e. The van der Waals surface area contributed by atoms with Crippen LogP contribution in [0.3, 0.4) is 0 Å². The topological polar surface area (TPSA) is 111 Å². The summed E-state index contributed by atoms with van der Waals surface area (Å²) < 4.78 is 15.0. The molecule has 0 unspecified atom stereocenters. The smallest absolute Gasteiger partial charge is 0.326 e. The number of hydrogen-bond acceptors (Lipinski definition) is 7. The van der Waals surface area contributed by atoms with E-state index in [1.165, 1.54) is 12.0 Å². The molecule has 0 bridgehead atoms. The Morgan fingerprint density at radius 2 is 1.58 bits per heavy atom. The first kappa shape index (κ1) is 23.4. The highest BCUT2D eigenvalue weighted by molar-refractivity contribution is 6.00. The predicted octanol–water partition coefficient (Wildman–Crippen LogP) is 1.56. The molecule has 2 rings (SSSR count). The SMILES string of the molecule is CCOC(=O)CN(C(=O)COC(=O)CNC(=O)c1ccccc1OC)c1ccccc1. The first-order chi connectivity index (χ1) is 15.0. The third-order valence-corrected chi connectivity index (χ3v) is 4.06. The van der Waals surface area contributed by atoms with Crippen LogP contribution in [0.2, 0.25) is 0 Å². The van der Waals surface area contributed by atoms with E-state index in [-0.39, 0.29) is 18.7 Å². The fraction of sp³-hybridized carbons (Fsp3) is 0.273. The highest BCUT2D eigenvalue weighted by Gasteiger charge is 2.21. The van der Waals surface area contributed by atoms with E-state index in [0.29, 0.717) is 11.4 Å². The Labute approximate surface area is 179 Å². The summed E-state index contributed by atoms with van der Waals surface area (Å²) in [7, 11) is 1.43. The fourth-order valence-corrected chi connectivity index (χ4v) is 2.62. The Hall–Kier alpha value is -3.88. The van der Waals surface area contributed by atoms with Gasteiger partial charge in [0.25, 0.3) is 11.8 Å². The van der Waals surface area contributed by atoms with Crippen molar-refractivity contribution in [2.45, 2.75) is 6.92 Å². The van der Waals surface area contributed by atoms with Crippen molar-refractivity contribution in [2.24, 2.45) is 0 Å². The molecule has 164 valence electrons. The Bertz CT molecular complexity index is 915. The second-order valence-electron chi connectivity index (χ2n) is 6.16. The molecule has 0 saturated carbocycles. The molecule has 9 heteroatoms. The second kappa shape index (κ2) is 12.0. The molecule has 0 saturated heterocycles. The molecule has 31 heavy (non-hydrogen) atoms. The zero-order valence-corrected chi connectivity index (χ0v) is 17.3. The highest BCUT2D eigenvalue weighted by Crippen LogP contribution is 2.17. The molecule has 0 atom stereocenters. The van der Waals surface area contributed by atoms with Crippen LogP contribution in [-0.4, -0.2) is 57.2 Å². The standard InChI is InChI=1S/C22H24N2O7/c1-3-30-21(27)14-24(16-9-5-4-6-10-16)19(25)15-31-20(26)13-23-22(28)17-11-7-8-12-18(17)29-2/h4-12H,3,13-15H2,1-2H3,(H,23,28). The molecule has 0 heterocycles. The van der Waals surface area contributed by atoms with E-state index in [9.17, 15) is 19.2 Å². The van der Waals surface area contributed by atoms with Gasteiger partial charge in [0.1, 0.15) is 18.8 Å². The first-order valence-electron chi connectivity index (χ1n) is 9.54. The fourth-order valence-electron chi connectivity index (χ4n) is 2.62. The number of amides is 2. The number of rotatable bonds is 10. The molecule has 0 aliphatic rings. The van der Waals surface area contributed by atoms with Gasteiger partial charge in [-0.2, -0.15) is 0 Å². The maximum Gasteiger partial charge on any atom is 0.326 e. The summed E-state index contributed by atoms with van der Waals surface area (Å²) in [4.78, 5) is 49.8. The normalized spacial score (nSPS) is 10.0. The van der Waals surface area contributed by atoms with Crippen LogP contribution in [0, 0.1) is 0 Å². The van der Waals surface area contributed by atoms with Crippen molar-refractivity contribution in [3.63, 3.8) is 0 Å². The predicted molar refractivity (Wildman–Crippen MR) is 112 cm³/mol. The minimum absolute atomic E-state index is 0.177. The summed E-state index contributed by atoms with van der Waals surface area (Å²) >= 11 is 0. The average molecular weight is 428 g/mol. The molecule has 0 aliphatic heterocycles. The van der Waals surface area contributed by atoms with Crippen molar-refractivity contribution in [2.75, 3.05) is 38.3 Å². The van der Waals surface area contributed by atoms with Gasteiger partial charge in [0, 0.05) is 5.69 Å². The third kappa shape index (κ3) is 7.14. The van der Waals surface area contributed by atoms with Gasteiger partial charge in [-0.1, -0.05) is 30.3 Å². The van der Waals surface area contributed by atoms with Gasteiger partial charge in [-0.05, 0) is 31.2 Å². The molecule has 0 aromatic heterocycles. The van der Waals surface area contributed by atoms with Crippen LogP contribution in [0.4, 0.5) is 5.69 Å². The van der Waals surface area contributed by atoms with Gasteiger partial charge >= 0.3 is 11.9 Å². The molecule has 2 aromatic carbocycles. The number of carbonyl (C=O) groups is 4. The van der Waals surface area contributed by atoms with E-state index in [0.717, 1.165) is 0 Å². The van der Waals surface area contributed by atoms with E-state index >= 15 is 0 Å². The minimum atomic E-state index is -0.805. The van der Waals surface area contributed by atoms with E-state index < -0.39 is 36.9 Å². The van der Waals surface area contributed by atoms with E-state index in [4.69, 9.17) is 14.2 Å². The molecule has 9 nitrogen and oxygen atoms in total. The number of nitrogens with one attached hydrogen (secondary N) is 1. The van der Waals surface area contributed by atoms with Crippen molar-refractivity contribution < 1.29 is 33.4 Å². The molecule has 0 radical (unpaired) electrons. The number of ether oxygens (including phenoxy) is 3. The molecular weight excluding hydrogens is 404 g/mol. The Balaban J connectivity index is 1.91. The van der Waals surface area contributed by atoms with Gasteiger partial charge in [-0.25, -0.2) is 0 Å². The highest BCUT2D eigenvalue weighted by atomic mass is 16.5. The molecular formula is C22H24N2O7. The maximum atomic E-state index is 12.6. The molecule has 0 spiro atoms. The van der Waals surface area contributed by atoms with Crippen molar-refractivity contribution in [3.8, 4) is 5.75 Å². The summed E-state index contributed by atoms with van der Waals surface area (Å²) in [5.41, 5.74) is 0.722. The van der Waals surface area contributed by atoms with Crippen LogP contribution in [-0.2, 0) is 23.9 Å². The summed E-state index contributed by atoms with van der Waals surface area (Å²) in [5, 5.41) is 2.41. The van der Waals surface area contributed by atoms with Crippen LogP contribution < -0.4 is 15.0 Å². The zero-order valence-electron chi connectivity index (χ0n) is 17.3. The number of hydrogen-bond donors (Lipinski definition) is 1. The number of para-hydroxylation sites is 2. The number of methoxy groups -OCH3 is 1. The lowest BCUT2D eigenvalue weighted by atomic mass is 10.2. The van der Waals surface area contributed by atoms with Crippen LogP contribution in [0.15, 0.2) is 54.6 Å². The molecule has 0 fully saturated rings. The van der Waals surface area contributed by atoms with Crippen molar-refractivity contribution in [1.82, 2.24) is 5.32 Å². The number of esters is 2. The van der Waals surface area contributed by atoms with Gasteiger partial charge in [0.15, 0.2) is 6.61 Å². The largest absolute Gasteiger partial charge is 0.496 e. The number of nitrogens with zero attached hydrogens (tertiary/aromatic N) is 1. The number of carbonyl (C=O) groups excluding carboxylic acids is 4. The molecule has 2 aromatic rings. The van der Waals surface area contributed by atoms with E-state index in [2.05, 4.69) is 5.32 Å². The summed E-state index contributed by atoms with van der Waals surface area (Å²) in [6, 6.07) is 15.0. The summed E-state index contributed by atoms with van der Waals surface area (Å²) in [6.07, 6.45) is 0. The number of benzene rings is 2. The molecule has 2 amide bonds. The van der Waals surface area contributed by atoms with Crippen molar-refractivity contribution in [1.29, 1.82) is 0 Å². The maximum absolute atomic E-state index is 12.6. The zero-order chi connectivity index (χ0) is 22.6. The van der Waals surface area contributed by atoms with Crippen LogP contribution in [0.5, 0.6) is 5.75 Å². The van der Waals surface area contributed by atoms with Crippen LogP contribution >= 0.6 is 0 Å². The van der Waals surface area contributed by atoms with E-state index in [1.54, 1.807) is 61.5 Å². The lowest BCUT2D eigenvalue weighted by molar-refractivity contribution is -0.147. The Morgan fingerprint density at radius 3 is 2.26 bits per heavy atom. The van der Waals surface area contributed by atoms with Gasteiger partial charge in [0.05, 0.1) is 19.3 Å². The van der Waals surface area contributed by atoms with Gasteiger partial charge < -0.3 is 19.5 Å². The quantitative estimate of drug-likeness (QED) is 0.572. The monoisotopic (exact) mass is 428 g/mol.